The van der Waals surface area contributed by atoms with Crippen molar-refractivity contribution in [1.82, 2.24) is 9.29 Å². The molecule has 2 heterocycles. The number of nitrogens with zero attached hydrogens (tertiary/aromatic N) is 2. The Hall–Kier alpha value is -1.85. The van der Waals surface area contributed by atoms with Gasteiger partial charge in [-0.15, -0.1) is 0 Å². The molecule has 1 aliphatic rings. The Kier molecular flexibility index (Phi) is 4.65. The summed E-state index contributed by atoms with van der Waals surface area (Å²) in [7, 11) is -2.19. The van der Waals surface area contributed by atoms with Crippen molar-refractivity contribution in [2.24, 2.45) is 7.05 Å². The Labute approximate surface area is 123 Å². The molecule has 2 rings (SSSR count). The van der Waals surface area contributed by atoms with Crippen LogP contribution in [0.5, 0.6) is 0 Å². The van der Waals surface area contributed by atoms with E-state index in [1.165, 1.54) is 16.8 Å². The Balaban J connectivity index is 2.03. The molecule has 1 aromatic rings. The molecule has 1 aromatic heterocycles. The van der Waals surface area contributed by atoms with Crippen molar-refractivity contribution in [1.29, 1.82) is 5.26 Å². The third-order valence-electron chi connectivity index (χ3n) is 3.29. The van der Waals surface area contributed by atoms with Crippen molar-refractivity contribution < 1.29 is 17.9 Å². The largest absolute Gasteiger partial charge is 0.377 e. The molecule has 21 heavy (non-hydrogen) atoms. The van der Waals surface area contributed by atoms with Gasteiger partial charge in [-0.25, -0.2) is 13.1 Å². The molecule has 1 N–H and O–H groups in total. The van der Waals surface area contributed by atoms with Crippen molar-refractivity contribution in [3.05, 3.63) is 23.5 Å². The van der Waals surface area contributed by atoms with Crippen LogP contribution in [0.15, 0.2) is 12.3 Å². The van der Waals surface area contributed by atoms with Crippen LogP contribution in [0.4, 0.5) is 0 Å². The SMILES string of the molecule is Cn1cc(C#N)cc1C(=O)NS(=O)(=O)C[C@H]1CCCCO1. The lowest BCUT2D eigenvalue weighted by Gasteiger charge is -2.22. The Morgan fingerprint density at radius 1 is 1.57 bits per heavy atom. The van der Waals surface area contributed by atoms with Gasteiger partial charge in [-0.1, -0.05) is 0 Å². The number of rotatable bonds is 4. The first kappa shape index (κ1) is 15.5. The fourth-order valence-corrected chi connectivity index (χ4v) is 3.49. The summed E-state index contributed by atoms with van der Waals surface area (Å²) in [4.78, 5) is 12.0. The highest BCUT2D eigenvalue weighted by molar-refractivity contribution is 7.90. The maximum Gasteiger partial charge on any atom is 0.281 e. The van der Waals surface area contributed by atoms with Crippen LogP contribution in [0.1, 0.15) is 35.3 Å². The van der Waals surface area contributed by atoms with Gasteiger partial charge in [-0.3, -0.25) is 4.79 Å². The van der Waals surface area contributed by atoms with E-state index in [9.17, 15) is 13.2 Å². The van der Waals surface area contributed by atoms with Crippen LogP contribution in [-0.2, 0) is 21.8 Å². The number of nitrogens with one attached hydrogen (secondary N) is 1. The lowest BCUT2D eigenvalue weighted by atomic mass is 10.1. The van der Waals surface area contributed by atoms with E-state index < -0.39 is 15.9 Å². The minimum Gasteiger partial charge on any atom is -0.377 e. The average molecular weight is 311 g/mol. The molecule has 1 saturated heterocycles. The topological polar surface area (TPSA) is 101 Å². The van der Waals surface area contributed by atoms with Crippen molar-refractivity contribution in [2.45, 2.75) is 25.4 Å². The normalized spacial score (nSPS) is 19.0. The molecule has 1 atom stereocenters. The highest BCUT2D eigenvalue weighted by atomic mass is 32.2. The fraction of sp³-hybridized carbons (Fsp3) is 0.538. The van der Waals surface area contributed by atoms with Crippen molar-refractivity contribution in [3.63, 3.8) is 0 Å². The predicted octanol–water partition coefficient (Wildman–Crippen LogP) is 0.525. The molecule has 0 saturated carbocycles. The molecule has 8 heteroatoms. The van der Waals surface area contributed by atoms with Crippen molar-refractivity contribution in [3.8, 4) is 6.07 Å². The molecule has 0 unspecified atom stereocenters. The van der Waals surface area contributed by atoms with Crippen LogP contribution < -0.4 is 4.72 Å². The molecule has 1 aliphatic heterocycles. The predicted molar refractivity (Wildman–Crippen MR) is 75.0 cm³/mol. The summed E-state index contributed by atoms with van der Waals surface area (Å²) in [6.45, 7) is 0.553. The number of carbonyl (C=O) groups is 1. The zero-order valence-corrected chi connectivity index (χ0v) is 12.5. The monoisotopic (exact) mass is 311 g/mol. The molecular weight excluding hydrogens is 294 g/mol. The number of amides is 1. The summed E-state index contributed by atoms with van der Waals surface area (Å²) in [5.74, 6) is -0.969. The van der Waals surface area contributed by atoms with Crippen molar-refractivity contribution in [2.75, 3.05) is 12.4 Å². The van der Waals surface area contributed by atoms with Crippen LogP contribution in [-0.4, -0.2) is 37.4 Å². The van der Waals surface area contributed by atoms with Crippen LogP contribution >= 0.6 is 0 Å². The van der Waals surface area contributed by atoms with Gasteiger partial charge in [-0.2, -0.15) is 5.26 Å². The highest BCUT2D eigenvalue weighted by Crippen LogP contribution is 2.14. The first-order chi connectivity index (χ1) is 9.91. The molecule has 114 valence electrons. The molecule has 0 bridgehead atoms. The van der Waals surface area contributed by atoms with E-state index in [-0.39, 0.29) is 17.6 Å². The van der Waals surface area contributed by atoms with Gasteiger partial charge in [0.1, 0.15) is 11.8 Å². The lowest BCUT2D eigenvalue weighted by molar-refractivity contribution is 0.0304. The minimum absolute atomic E-state index is 0.125. The van der Waals surface area contributed by atoms with Gasteiger partial charge in [0.25, 0.3) is 5.91 Å². The Morgan fingerprint density at radius 3 is 2.90 bits per heavy atom. The van der Waals surface area contributed by atoms with Crippen LogP contribution in [0.25, 0.3) is 0 Å². The number of aryl methyl sites for hydroxylation is 1. The molecule has 1 fully saturated rings. The fourth-order valence-electron chi connectivity index (χ4n) is 2.27. The average Bonchev–Trinajstić information content (AvgIpc) is 2.80. The zero-order valence-electron chi connectivity index (χ0n) is 11.7. The molecular formula is C13H17N3O4S. The lowest BCUT2D eigenvalue weighted by Crippen LogP contribution is -2.38. The van der Waals surface area contributed by atoms with E-state index in [4.69, 9.17) is 10.00 Å². The van der Waals surface area contributed by atoms with Gasteiger partial charge in [0.2, 0.25) is 10.0 Å². The summed E-state index contributed by atoms with van der Waals surface area (Å²) >= 11 is 0. The highest BCUT2D eigenvalue weighted by Gasteiger charge is 2.25. The smallest absolute Gasteiger partial charge is 0.281 e. The number of carbonyl (C=O) groups excluding carboxylic acids is 1. The molecule has 0 aliphatic carbocycles. The van der Waals surface area contributed by atoms with Gasteiger partial charge < -0.3 is 9.30 Å². The van der Waals surface area contributed by atoms with Gasteiger partial charge in [0, 0.05) is 19.9 Å². The number of sulfonamides is 1. The van der Waals surface area contributed by atoms with Gasteiger partial charge >= 0.3 is 0 Å². The molecule has 0 spiro atoms. The minimum atomic E-state index is -3.76. The van der Waals surface area contributed by atoms with E-state index >= 15 is 0 Å². The number of hydrogen-bond donors (Lipinski definition) is 1. The van der Waals surface area contributed by atoms with Gasteiger partial charge in [0.05, 0.1) is 17.4 Å². The summed E-state index contributed by atoms with van der Waals surface area (Å²) in [6, 6.07) is 3.25. The van der Waals surface area contributed by atoms with E-state index in [2.05, 4.69) is 0 Å². The number of nitriles is 1. The first-order valence-corrected chi connectivity index (χ1v) is 8.29. The summed E-state index contributed by atoms with van der Waals surface area (Å²) in [6.07, 6.45) is 3.64. The zero-order chi connectivity index (χ0) is 15.5. The number of ether oxygens (including phenoxy) is 1. The number of hydrogen-bond acceptors (Lipinski definition) is 5. The Bertz CT molecular complexity index is 666. The maximum absolute atomic E-state index is 12.0. The van der Waals surface area contributed by atoms with Crippen molar-refractivity contribution >= 4 is 15.9 Å². The van der Waals surface area contributed by atoms with Gasteiger partial charge in [0.15, 0.2) is 0 Å². The summed E-state index contributed by atoms with van der Waals surface area (Å²) in [5, 5.41) is 8.78. The standard InChI is InChI=1S/C13H17N3O4S/c1-16-8-10(7-14)6-12(16)13(17)15-21(18,19)9-11-4-2-3-5-20-11/h6,8,11H,2-5,9H2,1H3,(H,15,17)/t11-/m1/s1. The second kappa shape index (κ2) is 6.28. The molecule has 0 radical (unpaired) electrons. The van der Waals surface area contributed by atoms with Crippen LogP contribution in [0.3, 0.4) is 0 Å². The summed E-state index contributed by atoms with van der Waals surface area (Å²) < 4.78 is 32.8. The van der Waals surface area contributed by atoms with Gasteiger partial charge in [-0.05, 0) is 25.3 Å². The van der Waals surface area contributed by atoms with E-state index in [1.807, 2.05) is 10.8 Å². The summed E-state index contributed by atoms with van der Waals surface area (Å²) in [5.41, 5.74) is 0.426. The second-order valence-corrected chi connectivity index (χ2v) is 6.80. The third kappa shape index (κ3) is 4.06. The van der Waals surface area contributed by atoms with Crippen LogP contribution in [0.2, 0.25) is 0 Å². The first-order valence-electron chi connectivity index (χ1n) is 6.64. The second-order valence-electron chi connectivity index (χ2n) is 5.04. The van der Waals surface area contributed by atoms with E-state index in [1.54, 1.807) is 7.05 Å². The van der Waals surface area contributed by atoms with E-state index in [0.29, 0.717) is 18.6 Å². The quantitative estimate of drug-likeness (QED) is 0.874. The third-order valence-corrected chi connectivity index (χ3v) is 4.60. The molecule has 1 amide bonds. The van der Waals surface area contributed by atoms with Crippen LogP contribution in [0, 0.1) is 11.3 Å². The Morgan fingerprint density at radius 2 is 2.33 bits per heavy atom. The number of aromatic nitrogens is 1. The maximum atomic E-state index is 12.0. The van der Waals surface area contributed by atoms with E-state index in [0.717, 1.165) is 12.8 Å². The molecule has 7 nitrogen and oxygen atoms in total. The molecule has 0 aromatic carbocycles.